The van der Waals surface area contributed by atoms with Crippen LogP contribution in [0.5, 0.6) is 5.75 Å². The van der Waals surface area contributed by atoms with Gasteiger partial charge in [-0.25, -0.2) is 15.0 Å². The molecule has 3 aromatic carbocycles. The van der Waals surface area contributed by atoms with E-state index >= 15 is 0 Å². The maximum atomic E-state index is 9.53. The van der Waals surface area contributed by atoms with Crippen molar-refractivity contribution in [2.24, 2.45) is 0 Å². The number of pyridine rings is 1. The molecule has 0 radical (unpaired) electrons. The highest BCUT2D eigenvalue weighted by Crippen LogP contribution is 2.39. The Kier molecular flexibility index (Phi) is 2.45. The number of aromatic nitrogens is 3. The summed E-state index contributed by atoms with van der Waals surface area (Å²) in [6.45, 7) is 0. The first kappa shape index (κ1) is 13.0. The molecule has 5 rings (SSSR count). The molecule has 0 fully saturated rings. The number of aromatic hydroxyl groups is 1. The van der Waals surface area contributed by atoms with Crippen molar-refractivity contribution < 1.29 is 5.11 Å². The number of nitrogen functional groups attached to an aromatic ring is 1. The average molecular weight is 312 g/mol. The lowest BCUT2D eigenvalue weighted by atomic mass is 9.96. The fourth-order valence-electron chi connectivity index (χ4n) is 3.32. The molecule has 0 unspecified atom stereocenters. The molecule has 0 spiro atoms. The molecule has 5 aromatic rings. The van der Waals surface area contributed by atoms with Crippen molar-refractivity contribution in [1.82, 2.24) is 15.0 Å². The van der Waals surface area contributed by atoms with Crippen molar-refractivity contribution in [2.45, 2.75) is 0 Å². The molecule has 0 atom stereocenters. The number of nitrogens with two attached hydrogens (primary N) is 1. The predicted octanol–water partition coefficient (Wildman–Crippen LogP) is 3.72. The Bertz CT molecular complexity index is 1200. The molecule has 24 heavy (non-hydrogen) atoms. The Balaban J connectivity index is 2.00. The summed E-state index contributed by atoms with van der Waals surface area (Å²) in [5, 5.41) is 13.5. The van der Waals surface area contributed by atoms with Crippen molar-refractivity contribution >= 4 is 38.4 Å². The van der Waals surface area contributed by atoms with Crippen LogP contribution in [0, 0.1) is 0 Å². The van der Waals surface area contributed by atoms with E-state index in [1.807, 2.05) is 36.4 Å². The molecule has 0 aliphatic heterocycles. The van der Waals surface area contributed by atoms with Crippen LogP contribution in [0.15, 0.2) is 54.9 Å². The molecule has 2 heterocycles. The highest BCUT2D eigenvalue weighted by Gasteiger charge is 2.16. The SMILES string of the molecule is Nc1nc(-c2ccc(O)cc2)c2ccc3ncnc4ccc1c2c43. The fourth-order valence-corrected chi connectivity index (χ4v) is 3.32. The predicted molar refractivity (Wildman–Crippen MR) is 95.0 cm³/mol. The second-order valence-electron chi connectivity index (χ2n) is 5.78. The quantitative estimate of drug-likeness (QED) is 0.461. The van der Waals surface area contributed by atoms with E-state index in [1.54, 1.807) is 18.5 Å². The van der Waals surface area contributed by atoms with E-state index in [0.717, 1.165) is 43.8 Å². The van der Waals surface area contributed by atoms with Crippen LogP contribution in [-0.2, 0) is 0 Å². The standard InChI is InChI=1S/C19H12N4O/c20-19-13-6-8-15-17-14(21-9-22-15)7-5-12(16(13)17)18(23-19)10-1-3-11(24)4-2-10/h1-9,24H,(H2,20,23). The van der Waals surface area contributed by atoms with Gasteiger partial charge in [-0.2, -0.15) is 0 Å². The molecular formula is C19H12N4O. The lowest BCUT2D eigenvalue weighted by molar-refractivity contribution is 0.475. The molecule has 3 N–H and O–H groups in total. The van der Waals surface area contributed by atoms with Crippen molar-refractivity contribution in [2.75, 3.05) is 5.73 Å². The third-order valence-electron chi connectivity index (χ3n) is 4.41. The lowest BCUT2D eigenvalue weighted by Gasteiger charge is -2.14. The van der Waals surface area contributed by atoms with E-state index < -0.39 is 0 Å². The van der Waals surface area contributed by atoms with E-state index in [9.17, 15) is 5.11 Å². The first-order chi connectivity index (χ1) is 11.7. The molecule has 114 valence electrons. The topological polar surface area (TPSA) is 84.9 Å². The third kappa shape index (κ3) is 1.66. The lowest BCUT2D eigenvalue weighted by Crippen LogP contribution is -1.98. The summed E-state index contributed by atoms with van der Waals surface area (Å²) in [6.07, 6.45) is 1.57. The number of nitrogens with zero attached hydrogens (tertiary/aromatic N) is 3. The zero-order valence-corrected chi connectivity index (χ0v) is 12.6. The summed E-state index contributed by atoms with van der Waals surface area (Å²) in [5.41, 5.74) is 9.70. The first-order valence-electron chi connectivity index (χ1n) is 7.57. The Morgan fingerprint density at radius 1 is 0.750 bits per heavy atom. The van der Waals surface area contributed by atoms with Crippen LogP contribution >= 0.6 is 0 Å². The minimum absolute atomic E-state index is 0.220. The molecule has 0 aliphatic rings. The average Bonchev–Trinajstić information content (AvgIpc) is 2.61. The third-order valence-corrected chi connectivity index (χ3v) is 4.41. The number of phenolic OH excluding ortho intramolecular Hbond substituents is 1. The summed E-state index contributed by atoms with van der Waals surface area (Å²) in [7, 11) is 0. The van der Waals surface area contributed by atoms with Crippen LogP contribution in [0.1, 0.15) is 0 Å². The van der Waals surface area contributed by atoms with E-state index in [0.29, 0.717) is 5.82 Å². The van der Waals surface area contributed by atoms with Gasteiger partial charge in [-0.15, -0.1) is 0 Å². The van der Waals surface area contributed by atoms with Gasteiger partial charge < -0.3 is 10.8 Å². The summed E-state index contributed by atoms with van der Waals surface area (Å²) in [6, 6.07) is 14.9. The van der Waals surface area contributed by atoms with E-state index in [4.69, 9.17) is 5.73 Å². The van der Waals surface area contributed by atoms with Gasteiger partial charge in [0.2, 0.25) is 0 Å². The van der Waals surface area contributed by atoms with Crippen LogP contribution in [0.4, 0.5) is 5.82 Å². The van der Waals surface area contributed by atoms with Gasteiger partial charge >= 0.3 is 0 Å². The molecule has 5 nitrogen and oxygen atoms in total. The molecule has 2 aromatic heterocycles. The summed E-state index contributed by atoms with van der Waals surface area (Å²) in [4.78, 5) is 13.4. The first-order valence-corrected chi connectivity index (χ1v) is 7.57. The van der Waals surface area contributed by atoms with E-state index in [2.05, 4.69) is 15.0 Å². The Morgan fingerprint density at radius 3 is 2.12 bits per heavy atom. The zero-order valence-electron chi connectivity index (χ0n) is 12.6. The van der Waals surface area contributed by atoms with Crippen molar-refractivity contribution in [3.8, 4) is 17.0 Å². The number of anilines is 1. The van der Waals surface area contributed by atoms with Gasteiger partial charge in [0, 0.05) is 27.1 Å². The summed E-state index contributed by atoms with van der Waals surface area (Å²) >= 11 is 0. The molecule has 0 saturated heterocycles. The fraction of sp³-hybridized carbons (Fsp3) is 0. The van der Waals surface area contributed by atoms with Gasteiger partial charge in [0.05, 0.1) is 16.7 Å². The smallest absolute Gasteiger partial charge is 0.132 e. The number of benzene rings is 3. The van der Waals surface area contributed by atoms with Crippen LogP contribution < -0.4 is 5.73 Å². The highest BCUT2D eigenvalue weighted by atomic mass is 16.3. The van der Waals surface area contributed by atoms with Crippen LogP contribution in [-0.4, -0.2) is 20.1 Å². The van der Waals surface area contributed by atoms with Crippen LogP contribution in [0.2, 0.25) is 0 Å². The minimum atomic E-state index is 0.220. The van der Waals surface area contributed by atoms with Crippen LogP contribution in [0.3, 0.4) is 0 Å². The second kappa shape index (κ2) is 4.52. The minimum Gasteiger partial charge on any atom is -0.508 e. The summed E-state index contributed by atoms with van der Waals surface area (Å²) < 4.78 is 0. The number of phenols is 1. The largest absolute Gasteiger partial charge is 0.508 e. The zero-order chi connectivity index (χ0) is 16.3. The molecular weight excluding hydrogens is 300 g/mol. The Morgan fingerprint density at radius 2 is 1.42 bits per heavy atom. The van der Waals surface area contributed by atoms with Gasteiger partial charge in [0.25, 0.3) is 0 Å². The van der Waals surface area contributed by atoms with Gasteiger partial charge in [-0.05, 0) is 48.5 Å². The van der Waals surface area contributed by atoms with Crippen LogP contribution in [0.25, 0.3) is 43.8 Å². The van der Waals surface area contributed by atoms with E-state index in [-0.39, 0.29) is 5.75 Å². The molecule has 0 saturated carbocycles. The van der Waals surface area contributed by atoms with Gasteiger partial charge in [0.15, 0.2) is 0 Å². The Hall–Kier alpha value is -3.47. The molecule has 5 heteroatoms. The van der Waals surface area contributed by atoms with Crippen molar-refractivity contribution in [3.63, 3.8) is 0 Å². The molecule has 0 aliphatic carbocycles. The molecule has 0 bridgehead atoms. The van der Waals surface area contributed by atoms with Crippen molar-refractivity contribution in [1.29, 1.82) is 0 Å². The normalized spacial score (nSPS) is 11.7. The van der Waals surface area contributed by atoms with Gasteiger partial charge in [-0.3, -0.25) is 0 Å². The number of hydrogen-bond donors (Lipinski definition) is 2. The van der Waals surface area contributed by atoms with Gasteiger partial charge in [-0.1, -0.05) is 0 Å². The molecule has 0 amide bonds. The second-order valence-corrected chi connectivity index (χ2v) is 5.78. The van der Waals surface area contributed by atoms with E-state index in [1.165, 1.54) is 0 Å². The summed E-state index contributed by atoms with van der Waals surface area (Å²) in [5.74, 6) is 0.696. The maximum Gasteiger partial charge on any atom is 0.132 e. The maximum absolute atomic E-state index is 9.53. The number of hydrogen-bond acceptors (Lipinski definition) is 5. The Labute approximate surface area is 136 Å². The monoisotopic (exact) mass is 312 g/mol. The highest BCUT2D eigenvalue weighted by molar-refractivity contribution is 6.25. The van der Waals surface area contributed by atoms with Crippen molar-refractivity contribution in [3.05, 3.63) is 54.9 Å². The van der Waals surface area contributed by atoms with Gasteiger partial charge in [0.1, 0.15) is 17.9 Å². The number of rotatable bonds is 1.